The lowest BCUT2D eigenvalue weighted by atomic mass is 10.1. The monoisotopic (exact) mass is 585 g/mol. The third-order valence-electron chi connectivity index (χ3n) is 7.62. The first kappa shape index (κ1) is 29.2. The number of hydrogen-bond donors (Lipinski definition) is 2. The van der Waals surface area contributed by atoms with E-state index in [-0.39, 0.29) is 11.6 Å². The minimum absolute atomic E-state index is 0.0629. The maximum Gasteiger partial charge on any atom is 0.262 e. The Labute approximate surface area is 252 Å². The summed E-state index contributed by atoms with van der Waals surface area (Å²) in [6.07, 6.45) is 3.93. The van der Waals surface area contributed by atoms with Crippen LogP contribution in [0.3, 0.4) is 0 Å². The second-order valence-electron chi connectivity index (χ2n) is 10.9. The van der Waals surface area contributed by atoms with Gasteiger partial charge < -0.3 is 30.2 Å². The minimum Gasteiger partial charge on any atom is -0.377 e. The van der Waals surface area contributed by atoms with Crippen molar-refractivity contribution in [2.75, 3.05) is 80.4 Å². The molecule has 3 aromatic rings. The highest BCUT2D eigenvalue weighted by Gasteiger charge is 2.28. The molecule has 1 amide bonds. The lowest BCUT2D eigenvalue weighted by Gasteiger charge is -2.34. The van der Waals surface area contributed by atoms with Crippen LogP contribution in [0.5, 0.6) is 0 Å². The summed E-state index contributed by atoms with van der Waals surface area (Å²) in [5.74, 6) is 0.661. The highest BCUT2D eigenvalue weighted by molar-refractivity contribution is 6.32. The number of para-hydroxylation sites is 1. The first-order valence-corrected chi connectivity index (χ1v) is 14.5. The molecule has 0 unspecified atom stereocenters. The molecule has 218 valence electrons. The summed E-state index contributed by atoms with van der Waals surface area (Å²) in [4.78, 5) is 30.8. The van der Waals surface area contributed by atoms with E-state index in [9.17, 15) is 10.1 Å². The summed E-state index contributed by atoms with van der Waals surface area (Å²) in [6, 6.07) is 17.9. The van der Waals surface area contributed by atoms with Crippen molar-refractivity contribution in [2.24, 2.45) is 0 Å². The molecule has 1 aromatic heterocycles. The van der Waals surface area contributed by atoms with Crippen molar-refractivity contribution in [1.29, 1.82) is 5.26 Å². The topological polar surface area (TPSA) is 104 Å². The van der Waals surface area contributed by atoms with Crippen molar-refractivity contribution in [2.45, 2.75) is 12.5 Å². The number of hydrogen-bond acceptors (Lipinski definition) is 9. The largest absolute Gasteiger partial charge is 0.377 e. The molecule has 3 heterocycles. The SMILES string of the molecule is CN1CCN(c2ccc(Nc3ncc(Cl)c(N4CC[C@@H](NC(=O)/C(C#N)=C/c5ccccc5N(C)C)C4)n3)cc2)CC1. The molecular formula is C31H36ClN9O. The molecule has 2 N–H and O–H groups in total. The molecule has 5 rings (SSSR count). The lowest BCUT2D eigenvalue weighted by Crippen LogP contribution is -2.44. The van der Waals surface area contributed by atoms with Crippen LogP contribution in [0.15, 0.2) is 60.3 Å². The molecule has 2 saturated heterocycles. The van der Waals surface area contributed by atoms with E-state index in [0.29, 0.717) is 36.3 Å². The molecule has 0 bridgehead atoms. The smallest absolute Gasteiger partial charge is 0.262 e. The van der Waals surface area contributed by atoms with Gasteiger partial charge in [-0.1, -0.05) is 29.8 Å². The zero-order valence-corrected chi connectivity index (χ0v) is 25.0. The molecule has 2 aliphatic rings. The second-order valence-corrected chi connectivity index (χ2v) is 11.3. The Kier molecular flexibility index (Phi) is 9.10. The van der Waals surface area contributed by atoms with E-state index < -0.39 is 5.91 Å². The summed E-state index contributed by atoms with van der Waals surface area (Å²) in [5.41, 5.74) is 3.89. The number of carbonyl (C=O) groups excluding carboxylic acids is 1. The van der Waals surface area contributed by atoms with E-state index in [1.165, 1.54) is 5.69 Å². The number of likely N-dealkylation sites (N-methyl/N-ethyl adjacent to an activating group) is 1. The average Bonchev–Trinajstić information content (AvgIpc) is 3.46. The quantitative estimate of drug-likeness (QED) is 0.300. The molecule has 1 atom stereocenters. The molecule has 2 aromatic carbocycles. The van der Waals surface area contributed by atoms with Gasteiger partial charge in [0.15, 0.2) is 5.82 Å². The van der Waals surface area contributed by atoms with Crippen molar-refractivity contribution < 1.29 is 4.79 Å². The van der Waals surface area contributed by atoms with Crippen LogP contribution >= 0.6 is 11.6 Å². The Morgan fingerprint density at radius 2 is 1.81 bits per heavy atom. The van der Waals surface area contributed by atoms with Crippen LogP contribution < -0.4 is 25.3 Å². The fourth-order valence-electron chi connectivity index (χ4n) is 5.24. The third kappa shape index (κ3) is 6.93. The third-order valence-corrected chi connectivity index (χ3v) is 7.89. The van der Waals surface area contributed by atoms with Gasteiger partial charge in [0, 0.05) is 76.5 Å². The van der Waals surface area contributed by atoms with Crippen LogP contribution in [-0.2, 0) is 4.79 Å². The van der Waals surface area contributed by atoms with Crippen LogP contribution in [0.1, 0.15) is 12.0 Å². The van der Waals surface area contributed by atoms with Gasteiger partial charge in [-0.25, -0.2) is 4.98 Å². The summed E-state index contributed by atoms with van der Waals surface area (Å²) >= 11 is 6.51. The molecular weight excluding hydrogens is 550 g/mol. The number of aromatic nitrogens is 2. The van der Waals surface area contributed by atoms with E-state index in [0.717, 1.165) is 43.1 Å². The fourth-order valence-corrected chi connectivity index (χ4v) is 5.45. The second kappa shape index (κ2) is 13.1. The zero-order chi connectivity index (χ0) is 29.6. The summed E-state index contributed by atoms with van der Waals surface area (Å²) < 4.78 is 0. The first-order valence-electron chi connectivity index (χ1n) is 14.1. The molecule has 0 saturated carbocycles. The fraction of sp³-hybridized carbons (Fsp3) is 0.355. The van der Waals surface area contributed by atoms with Crippen molar-refractivity contribution in [1.82, 2.24) is 20.2 Å². The predicted octanol–water partition coefficient (Wildman–Crippen LogP) is 3.99. The Morgan fingerprint density at radius 1 is 1.07 bits per heavy atom. The number of amides is 1. The number of piperazine rings is 1. The normalized spacial score (nSPS) is 17.6. The molecule has 2 aliphatic heterocycles. The summed E-state index contributed by atoms with van der Waals surface area (Å²) in [6.45, 7) is 5.34. The van der Waals surface area contributed by atoms with Gasteiger partial charge in [-0.15, -0.1) is 0 Å². The van der Waals surface area contributed by atoms with Crippen molar-refractivity contribution in [3.63, 3.8) is 0 Å². The van der Waals surface area contributed by atoms with Crippen LogP contribution in [0.25, 0.3) is 6.08 Å². The van der Waals surface area contributed by atoms with Gasteiger partial charge in [-0.05, 0) is 55.4 Å². The van der Waals surface area contributed by atoms with Crippen molar-refractivity contribution >= 4 is 52.4 Å². The Morgan fingerprint density at radius 3 is 2.52 bits per heavy atom. The molecule has 11 heteroatoms. The number of benzene rings is 2. The number of nitrogens with zero attached hydrogens (tertiary/aromatic N) is 7. The standard InChI is InChI=1S/C31H36ClN9O/c1-38(2)28-7-5-4-6-22(28)18-23(19-33)30(42)35-25-12-13-41(21-25)29-27(32)20-34-31(37-29)36-24-8-10-26(11-9-24)40-16-14-39(3)15-17-40/h4-11,18,20,25H,12-17,21H2,1-3H3,(H,35,42)(H,34,36,37)/b23-18+/t25-/m1/s1. The van der Waals surface area contributed by atoms with Gasteiger partial charge in [0.25, 0.3) is 5.91 Å². The molecule has 10 nitrogen and oxygen atoms in total. The number of halogens is 1. The highest BCUT2D eigenvalue weighted by atomic mass is 35.5. The zero-order valence-electron chi connectivity index (χ0n) is 24.2. The van der Waals surface area contributed by atoms with Gasteiger partial charge in [0.2, 0.25) is 5.95 Å². The summed E-state index contributed by atoms with van der Waals surface area (Å²) in [5, 5.41) is 16.5. The van der Waals surface area contributed by atoms with E-state index in [1.807, 2.05) is 60.3 Å². The van der Waals surface area contributed by atoms with Gasteiger partial charge in [-0.2, -0.15) is 10.2 Å². The number of carbonyl (C=O) groups is 1. The van der Waals surface area contributed by atoms with Crippen LogP contribution in [-0.4, -0.2) is 87.2 Å². The van der Waals surface area contributed by atoms with E-state index in [2.05, 4.69) is 50.7 Å². The average molecular weight is 586 g/mol. The van der Waals surface area contributed by atoms with Crippen LogP contribution in [0.4, 0.5) is 28.8 Å². The van der Waals surface area contributed by atoms with Gasteiger partial charge >= 0.3 is 0 Å². The van der Waals surface area contributed by atoms with Crippen molar-refractivity contribution in [3.05, 3.63) is 70.9 Å². The number of nitriles is 1. The maximum absolute atomic E-state index is 13.0. The van der Waals surface area contributed by atoms with Crippen LogP contribution in [0.2, 0.25) is 5.02 Å². The molecule has 2 fully saturated rings. The molecule has 0 spiro atoms. The first-order chi connectivity index (χ1) is 20.3. The predicted molar refractivity (Wildman–Crippen MR) is 170 cm³/mol. The van der Waals surface area contributed by atoms with E-state index in [4.69, 9.17) is 16.6 Å². The van der Waals surface area contributed by atoms with Gasteiger partial charge in [0.1, 0.15) is 16.7 Å². The number of rotatable bonds is 8. The minimum atomic E-state index is -0.394. The molecule has 0 radical (unpaired) electrons. The van der Waals surface area contributed by atoms with E-state index in [1.54, 1.807) is 12.3 Å². The maximum atomic E-state index is 13.0. The lowest BCUT2D eigenvalue weighted by molar-refractivity contribution is -0.117. The molecule has 0 aliphatic carbocycles. The number of nitrogens with one attached hydrogen (secondary N) is 2. The Hall–Kier alpha value is -4.33. The highest BCUT2D eigenvalue weighted by Crippen LogP contribution is 2.29. The van der Waals surface area contributed by atoms with Crippen LogP contribution in [0, 0.1) is 11.3 Å². The Bertz CT molecular complexity index is 1480. The van der Waals surface area contributed by atoms with E-state index >= 15 is 0 Å². The van der Waals surface area contributed by atoms with Gasteiger partial charge in [0.05, 0.1) is 6.20 Å². The van der Waals surface area contributed by atoms with Crippen molar-refractivity contribution in [3.8, 4) is 6.07 Å². The Balaban J connectivity index is 1.21. The van der Waals surface area contributed by atoms with Gasteiger partial charge in [-0.3, -0.25) is 4.79 Å². The number of anilines is 5. The molecule has 42 heavy (non-hydrogen) atoms. The summed E-state index contributed by atoms with van der Waals surface area (Å²) in [7, 11) is 6.01.